The molecule has 12 heteroatoms. The molecule has 4 rings (SSSR count). The van der Waals surface area contributed by atoms with E-state index in [2.05, 4.69) is 10.0 Å². The minimum Gasteiger partial charge on any atom is -0.316 e. The average molecular weight is 529 g/mol. The van der Waals surface area contributed by atoms with Gasteiger partial charge in [-0.15, -0.1) is 12.4 Å². The molecule has 0 atom stereocenters. The van der Waals surface area contributed by atoms with E-state index in [-0.39, 0.29) is 34.2 Å². The lowest BCUT2D eigenvalue weighted by atomic mass is 10.1. The molecule has 0 unspecified atom stereocenters. The number of anilines is 1. The van der Waals surface area contributed by atoms with Gasteiger partial charge >= 0.3 is 10.2 Å². The summed E-state index contributed by atoms with van der Waals surface area (Å²) < 4.78 is 71.7. The lowest BCUT2D eigenvalue weighted by molar-refractivity contribution is 0.482. The van der Waals surface area contributed by atoms with Crippen molar-refractivity contribution in [3.8, 4) is 11.3 Å². The number of halogens is 2. The molecule has 1 saturated heterocycles. The first-order valence-electron chi connectivity index (χ1n) is 10.5. The summed E-state index contributed by atoms with van der Waals surface area (Å²) in [5, 5.41) is 2.96. The van der Waals surface area contributed by atoms with Crippen molar-refractivity contribution in [3.05, 3.63) is 72.2 Å². The number of aromatic nitrogens is 1. The molecule has 8 nitrogen and oxygen atoms in total. The molecule has 2 aromatic carbocycles. The van der Waals surface area contributed by atoms with Crippen molar-refractivity contribution < 1.29 is 21.2 Å². The van der Waals surface area contributed by atoms with Crippen molar-refractivity contribution in [1.29, 1.82) is 0 Å². The van der Waals surface area contributed by atoms with Crippen LogP contribution in [0, 0.1) is 5.82 Å². The van der Waals surface area contributed by atoms with Crippen LogP contribution in [0.5, 0.6) is 0 Å². The summed E-state index contributed by atoms with van der Waals surface area (Å²) in [5.74, 6) is -0.546. The van der Waals surface area contributed by atoms with Crippen LogP contribution >= 0.6 is 12.4 Å². The van der Waals surface area contributed by atoms with Gasteiger partial charge in [0.1, 0.15) is 5.82 Å². The van der Waals surface area contributed by atoms with Crippen molar-refractivity contribution in [2.75, 3.05) is 24.9 Å². The Balaban J connectivity index is 0.00000324. The molecule has 0 bridgehead atoms. The van der Waals surface area contributed by atoms with Gasteiger partial charge in [0.2, 0.25) is 0 Å². The molecule has 1 aliphatic heterocycles. The number of nitrogens with zero attached hydrogens (tertiary/aromatic N) is 2. The number of hydrogen-bond acceptors (Lipinski definition) is 5. The summed E-state index contributed by atoms with van der Waals surface area (Å²) >= 11 is 0. The standard InChI is InChI=1S/C22H25FN4O4S2.ClH/c1-24-15-17-13-22(20-9-2-3-10-21(20)23)27(16-17)32(28,29)19-8-6-7-18(14-19)25-33(30,31)26-11-4-5-12-26;/h2-3,6-10,13-14,16,24-25H,4-5,11-12,15H2,1H3;1H. The zero-order valence-corrected chi connectivity index (χ0v) is 20.9. The molecular formula is C22H26ClFN4O4S2. The Hall–Kier alpha value is -2.44. The van der Waals surface area contributed by atoms with Crippen LogP contribution in [0.2, 0.25) is 0 Å². The fourth-order valence-corrected chi connectivity index (χ4v) is 6.57. The fraction of sp³-hybridized carbons (Fsp3) is 0.273. The molecule has 0 saturated carbocycles. The first kappa shape index (κ1) is 26.2. The monoisotopic (exact) mass is 528 g/mol. The Morgan fingerprint density at radius 1 is 0.971 bits per heavy atom. The van der Waals surface area contributed by atoms with Crippen LogP contribution in [-0.4, -0.2) is 45.3 Å². The second-order valence-corrected chi connectivity index (χ2v) is 11.3. The maximum Gasteiger partial charge on any atom is 0.301 e. The number of nitrogens with one attached hydrogen (secondary N) is 2. The van der Waals surface area contributed by atoms with E-state index < -0.39 is 26.0 Å². The van der Waals surface area contributed by atoms with Gasteiger partial charge in [0.05, 0.1) is 16.3 Å². The summed E-state index contributed by atoms with van der Waals surface area (Å²) in [5.41, 5.74) is 1.12. The van der Waals surface area contributed by atoms with Gasteiger partial charge in [-0.3, -0.25) is 4.72 Å². The highest BCUT2D eigenvalue weighted by molar-refractivity contribution is 7.90. The molecule has 0 amide bonds. The maximum atomic E-state index is 14.5. The van der Waals surface area contributed by atoms with Gasteiger partial charge in [0, 0.05) is 31.4 Å². The minimum atomic E-state index is -4.16. The topological polar surface area (TPSA) is 101 Å². The third-order valence-corrected chi connectivity index (χ3v) is 8.62. The molecule has 184 valence electrons. The molecule has 1 aliphatic rings. The van der Waals surface area contributed by atoms with E-state index in [0.717, 1.165) is 16.8 Å². The van der Waals surface area contributed by atoms with E-state index in [1.807, 2.05) is 0 Å². The van der Waals surface area contributed by atoms with Crippen molar-refractivity contribution >= 4 is 38.3 Å². The number of rotatable bonds is 8. The third kappa shape index (κ3) is 5.28. The zero-order valence-electron chi connectivity index (χ0n) is 18.4. The molecular weight excluding hydrogens is 503 g/mol. The smallest absolute Gasteiger partial charge is 0.301 e. The second kappa shape index (κ2) is 10.4. The summed E-state index contributed by atoms with van der Waals surface area (Å²) in [7, 11) is -6.20. The Kier molecular flexibility index (Phi) is 8.04. The molecule has 0 aliphatic carbocycles. The van der Waals surface area contributed by atoms with E-state index in [0.29, 0.717) is 25.2 Å². The number of benzene rings is 2. The molecule has 2 N–H and O–H groups in total. The van der Waals surface area contributed by atoms with E-state index in [4.69, 9.17) is 0 Å². The van der Waals surface area contributed by atoms with Crippen LogP contribution in [0.15, 0.2) is 65.7 Å². The average Bonchev–Trinajstić information content (AvgIpc) is 3.45. The van der Waals surface area contributed by atoms with Gasteiger partial charge in [-0.2, -0.15) is 12.7 Å². The zero-order chi connectivity index (χ0) is 23.6. The van der Waals surface area contributed by atoms with Crippen molar-refractivity contribution in [3.63, 3.8) is 0 Å². The highest BCUT2D eigenvalue weighted by Crippen LogP contribution is 2.30. The lowest BCUT2D eigenvalue weighted by Crippen LogP contribution is -2.33. The largest absolute Gasteiger partial charge is 0.316 e. The van der Waals surface area contributed by atoms with Gasteiger partial charge in [0.25, 0.3) is 10.0 Å². The number of hydrogen-bond donors (Lipinski definition) is 2. The summed E-state index contributed by atoms with van der Waals surface area (Å²) in [4.78, 5) is -0.117. The summed E-state index contributed by atoms with van der Waals surface area (Å²) in [6.07, 6.45) is 3.02. The van der Waals surface area contributed by atoms with Gasteiger partial charge < -0.3 is 5.32 Å². The first-order valence-corrected chi connectivity index (χ1v) is 13.3. The van der Waals surface area contributed by atoms with Gasteiger partial charge in [0.15, 0.2) is 0 Å². The van der Waals surface area contributed by atoms with Gasteiger partial charge in [-0.05, 0) is 61.9 Å². The molecule has 2 heterocycles. The normalized spacial score (nSPS) is 14.6. The Morgan fingerprint density at radius 2 is 1.68 bits per heavy atom. The highest BCUT2D eigenvalue weighted by atomic mass is 35.5. The Bertz CT molecular complexity index is 1370. The predicted molar refractivity (Wildman–Crippen MR) is 132 cm³/mol. The molecule has 0 spiro atoms. The molecule has 0 radical (unpaired) electrons. The molecule has 1 aromatic heterocycles. The first-order chi connectivity index (χ1) is 15.7. The van der Waals surface area contributed by atoms with Gasteiger partial charge in [-0.1, -0.05) is 18.2 Å². The predicted octanol–water partition coefficient (Wildman–Crippen LogP) is 3.42. The van der Waals surface area contributed by atoms with Crippen molar-refractivity contribution in [1.82, 2.24) is 13.6 Å². The van der Waals surface area contributed by atoms with Crippen molar-refractivity contribution in [2.45, 2.75) is 24.3 Å². The van der Waals surface area contributed by atoms with Crippen LogP contribution < -0.4 is 10.0 Å². The molecule has 3 aromatic rings. The Morgan fingerprint density at radius 3 is 2.35 bits per heavy atom. The quantitative estimate of drug-likeness (QED) is 0.466. The summed E-state index contributed by atoms with van der Waals surface area (Å²) in [6, 6.07) is 13.2. The molecule has 34 heavy (non-hydrogen) atoms. The van der Waals surface area contributed by atoms with Crippen LogP contribution in [0.25, 0.3) is 11.3 Å². The van der Waals surface area contributed by atoms with Crippen LogP contribution in [0.4, 0.5) is 10.1 Å². The highest BCUT2D eigenvalue weighted by Gasteiger charge is 2.27. The van der Waals surface area contributed by atoms with Crippen LogP contribution in [-0.2, 0) is 26.8 Å². The minimum absolute atomic E-state index is 0. The van der Waals surface area contributed by atoms with Gasteiger partial charge in [-0.25, -0.2) is 16.8 Å². The lowest BCUT2D eigenvalue weighted by Gasteiger charge is -2.17. The van der Waals surface area contributed by atoms with Crippen LogP contribution in [0.1, 0.15) is 18.4 Å². The molecule has 1 fully saturated rings. The summed E-state index contributed by atoms with van der Waals surface area (Å²) in [6.45, 7) is 1.24. The third-order valence-electron chi connectivity index (χ3n) is 5.42. The fourth-order valence-electron chi connectivity index (χ4n) is 3.84. The van der Waals surface area contributed by atoms with Crippen LogP contribution in [0.3, 0.4) is 0 Å². The second-order valence-electron chi connectivity index (χ2n) is 7.79. The van der Waals surface area contributed by atoms with E-state index in [9.17, 15) is 21.2 Å². The van der Waals surface area contributed by atoms with E-state index >= 15 is 0 Å². The maximum absolute atomic E-state index is 14.5. The Labute approximate surface area is 205 Å². The van der Waals surface area contributed by atoms with Crippen molar-refractivity contribution in [2.24, 2.45) is 0 Å². The van der Waals surface area contributed by atoms with E-state index in [1.165, 1.54) is 53.0 Å². The SMILES string of the molecule is CNCc1cc(-c2ccccc2F)n(S(=O)(=O)c2cccc(NS(=O)(=O)N3CCCC3)c2)c1.Cl. The van der Waals surface area contributed by atoms with E-state index in [1.54, 1.807) is 19.2 Å².